The number of hydrogen-bond acceptors (Lipinski definition) is 4. The SMILES string of the molecule is CC1COC(CO)CN1C(=O)C1CNCc2ccccc21. The second-order valence-electron chi connectivity index (χ2n) is 5.86. The molecule has 5 nitrogen and oxygen atoms in total. The highest BCUT2D eigenvalue weighted by Gasteiger charge is 2.35. The van der Waals surface area contributed by atoms with Crippen molar-refractivity contribution in [1.82, 2.24) is 10.2 Å². The molecule has 114 valence electrons. The van der Waals surface area contributed by atoms with Gasteiger partial charge >= 0.3 is 0 Å². The van der Waals surface area contributed by atoms with E-state index in [-0.39, 0.29) is 30.6 Å². The van der Waals surface area contributed by atoms with Crippen LogP contribution >= 0.6 is 0 Å². The highest BCUT2D eigenvalue weighted by Crippen LogP contribution is 2.27. The van der Waals surface area contributed by atoms with Crippen LogP contribution in [0.4, 0.5) is 0 Å². The molecule has 3 unspecified atom stereocenters. The lowest BCUT2D eigenvalue weighted by atomic mass is 9.89. The zero-order chi connectivity index (χ0) is 14.8. The molecule has 21 heavy (non-hydrogen) atoms. The van der Waals surface area contributed by atoms with Crippen LogP contribution in [0.25, 0.3) is 0 Å². The van der Waals surface area contributed by atoms with Gasteiger partial charge in [-0.3, -0.25) is 4.79 Å². The van der Waals surface area contributed by atoms with Gasteiger partial charge in [-0.2, -0.15) is 0 Å². The van der Waals surface area contributed by atoms with E-state index in [4.69, 9.17) is 4.74 Å². The van der Waals surface area contributed by atoms with Gasteiger partial charge in [0, 0.05) is 19.6 Å². The van der Waals surface area contributed by atoms with E-state index in [1.165, 1.54) is 5.56 Å². The van der Waals surface area contributed by atoms with Crippen LogP contribution < -0.4 is 5.32 Å². The molecule has 5 heteroatoms. The molecule has 2 N–H and O–H groups in total. The molecule has 0 aromatic heterocycles. The Kier molecular flexibility index (Phi) is 4.24. The van der Waals surface area contributed by atoms with Crippen molar-refractivity contribution < 1.29 is 14.6 Å². The number of ether oxygens (including phenoxy) is 1. The highest BCUT2D eigenvalue weighted by atomic mass is 16.5. The van der Waals surface area contributed by atoms with Crippen molar-refractivity contribution in [2.24, 2.45) is 0 Å². The summed E-state index contributed by atoms with van der Waals surface area (Å²) >= 11 is 0. The molecule has 1 aromatic carbocycles. The van der Waals surface area contributed by atoms with Gasteiger partial charge in [-0.05, 0) is 18.1 Å². The Morgan fingerprint density at radius 1 is 1.48 bits per heavy atom. The lowest BCUT2D eigenvalue weighted by Crippen LogP contribution is -2.54. The number of aliphatic hydroxyl groups is 1. The van der Waals surface area contributed by atoms with Gasteiger partial charge in [0.1, 0.15) is 0 Å². The monoisotopic (exact) mass is 290 g/mol. The summed E-state index contributed by atoms with van der Waals surface area (Å²) in [5, 5.41) is 12.6. The molecular weight excluding hydrogens is 268 g/mol. The predicted octanol–water partition coefficient (Wildman–Crippen LogP) is 0.482. The van der Waals surface area contributed by atoms with Crippen LogP contribution in [0.2, 0.25) is 0 Å². The fraction of sp³-hybridized carbons (Fsp3) is 0.562. The molecule has 1 saturated heterocycles. The summed E-state index contributed by atoms with van der Waals surface area (Å²) in [7, 11) is 0. The number of benzene rings is 1. The summed E-state index contributed by atoms with van der Waals surface area (Å²) in [5.74, 6) is -0.0151. The number of aliphatic hydroxyl groups excluding tert-OH is 1. The van der Waals surface area contributed by atoms with Crippen molar-refractivity contribution >= 4 is 5.91 Å². The van der Waals surface area contributed by atoms with Gasteiger partial charge in [-0.15, -0.1) is 0 Å². The third kappa shape index (κ3) is 2.81. The van der Waals surface area contributed by atoms with Crippen LogP contribution in [-0.2, 0) is 16.1 Å². The number of hydrogen-bond donors (Lipinski definition) is 2. The first kappa shape index (κ1) is 14.5. The van der Waals surface area contributed by atoms with Crippen molar-refractivity contribution in [3.8, 4) is 0 Å². The standard InChI is InChI=1S/C16H22N2O3/c1-11-10-21-13(9-19)8-18(11)16(20)15-7-17-6-12-4-2-3-5-14(12)15/h2-5,11,13,15,17,19H,6-10H2,1H3. The topological polar surface area (TPSA) is 61.8 Å². The zero-order valence-electron chi connectivity index (χ0n) is 12.3. The summed E-state index contributed by atoms with van der Waals surface area (Å²) in [4.78, 5) is 14.8. The molecule has 0 saturated carbocycles. The maximum atomic E-state index is 12.9. The Bertz CT molecular complexity index is 520. The fourth-order valence-electron chi connectivity index (χ4n) is 3.15. The molecule has 1 amide bonds. The number of nitrogens with one attached hydrogen (secondary N) is 1. The molecule has 2 aliphatic rings. The van der Waals surface area contributed by atoms with Crippen molar-refractivity contribution in [2.45, 2.75) is 31.5 Å². The Balaban J connectivity index is 1.82. The van der Waals surface area contributed by atoms with E-state index >= 15 is 0 Å². The third-order valence-corrected chi connectivity index (χ3v) is 4.38. The van der Waals surface area contributed by atoms with E-state index in [2.05, 4.69) is 11.4 Å². The van der Waals surface area contributed by atoms with Gasteiger partial charge in [0.15, 0.2) is 0 Å². The van der Waals surface area contributed by atoms with Crippen LogP contribution in [0.3, 0.4) is 0 Å². The van der Waals surface area contributed by atoms with Gasteiger partial charge in [0.05, 0.1) is 31.3 Å². The average Bonchev–Trinajstić information content (AvgIpc) is 2.54. The Labute approximate surface area is 124 Å². The predicted molar refractivity (Wildman–Crippen MR) is 78.9 cm³/mol. The average molecular weight is 290 g/mol. The first-order valence-electron chi connectivity index (χ1n) is 7.52. The van der Waals surface area contributed by atoms with E-state index in [9.17, 15) is 9.90 Å². The molecule has 2 heterocycles. The van der Waals surface area contributed by atoms with Gasteiger partial charge < -0.3 is 20.1 Å². The number of carbonyl (C=O) groups is 1. The van der Waals surface area contributed by atoms with Crippen LogP contribution in [0, 0.1) is 0 Å². The number of carbonyl (C=O) groups excluding carboxylic acids is 1. The van der Waals surface area contributed by atoms with Gasteiger partial charge in [0.2, 0.25) is 5.91 Å². The van der Waals surface area contributed by atoms with Gasteiger partial charge in [-0.25, -0.2) is 0 Å². The Morgan fingerprint density at radius 3 is 3.10 bits per heavy atom. The number of amides is 1. The molecule has 1 aromatic rings. The largest absolute Gasteiger partial charge is 0.394 e. The van der Waals surface area contributed by atoms with Crippen molar-refractivity contribution in [1.29, 1.82) is 0 Å². The number of nitrogens with zero attached hydrogens (tertiary/aromatic N) is 1. The zero-order valence-corrected chi connectivity index (χ0v) is 12.3. The normalized spacial score (nSPS) is 29.0. The molecule has 3 rings (SSSR count). The molecular formula is C16H22N2O3. The summed E-state index contributed by atoms with van der Waals surface area (Å²) in [6.45, 7) is 4.39. The van der Waals surface area contributed by atoms with E-state index < -0.39 is 0 Å². The fourth-order valence-corrected chi connectivity index (χ4v) is 3.15. The molecule has 0 bridgehead atoms. The molecule has 0 aliphatic carbocycles. The number of morpholine rings is 1. The lowest BCUT2D eigenvalue weighted by Gasteiger charge is -2.40. The van der Waals surface area contributed by atoms with Crippen molar-refractivity contribution in [3.05, 3.63) is 35.4 Å². The van der Waals surface area contributed by atoms with Crippen LogP contribution in [0.15, 0.2) is 24.3 Å². The number of rotatable bonds is 2. The number of fused-ring (bicyclic) bond motifs is 1. The minimum absolute atomic E-state index is 0.0456. The van der Waals surface area contributed by atoms with Gasteiger partial charge in [-0.1, -0.05) is 24.3 Å². The second kappa shape index (κ2) is 6.13. The van der Waals surface area contributed by atoms with Crippen molar-refractivity contribution in [2.75, 3.05) is 26.3 Å². The summed E-state index contributed by atoms with van der Waals surface area (Å²) in [5.41, 5.74) is 2.32. The summed E-state index contributed by atoms with van der Waals surface area (Å²) < 4.78 is 5.52. The van der Waals surface area contributed by atoms with E-state index in [0.717, 1.165) is 12.1 Å². The Morgan fingerprint density at radius 2 is 2.29 bits per heavy atom. The van der Waals surface area contributed by atoms with Crippen molar-refractivity contribution in [3.63, 3.8) is 0 Å². The maximum absolute atomic E-state index is 12.9. The summed E-state index contributed by atoms with van der Waals surface area (Å²) in [6, 6.07) is 8.17. The van der Waals surface area contributed by atoms with Crippen LogP contribution in [0.1, 0.15) is 24.0 Å². The summed E-state index contributed by atoms with van der Waals surface area (Å²) in [6.07, 6.45) is -0.267. The highest BCUT2D eigenvalue weighted by molar-refractivity contribution is 5.85. The molecule has 2 aliphatic heterocycles. The maximum Gasteiger partial charge on any atom is 0.231 e. The molecule has 3 atom stereocenters. The minimum Gasteiger partial charge on any atom is -0.394 e. The van der Waals surface area contributed by atoms with E-state index in [0.29, 0.717) is 19.7 Å². The first-order chi connectivity index (χ1) is 10.2. The third-order valence-electron chi connectivity index (χ3n) is 4.38. The van der Waals surface area contributed by atoms with Crippen LogP contribution in [-0.4, -0.2) is 54.4 Å². The van der Waals surface area contributed by atoms with E-state index in [1.807, 2.05) is 30.0 Å². The molecule has 0 spiro atoms. The molecule has 1 fully saturated rings. The first-order valence-corrected chi connectivity index (χ1v) is 7.52. The molecule has 0 radical (unpaired) electrons. The van der Waals surface area contributed by atoms with Crippen LogP contribution in [0.5, 0.6) is 0 Å². The minimum atomic E-state index is -0.267. The quantitative estimate of drug-likeness (QED) is 0.832. The lowest BCUT2D eigenvalue weighted by molar-refractivity contribution is -0.147. The second-order valence-corrected chi connectivity index (χ2v) is 5.86. The van der Waals surface area contributed by atoms with E-state index in [1.54, 1.807) is 0 Å². The van der Waals surface area contributed by atoms with Gasteiger partial charge in [0.25, 0.3) is 0 Å². The smallest absolute Gasteiger partial charge is 0.231 e. The Hall–Kier alpha value is -1.43.